The predicted molar refractivity (Wildman–Crippen MR) is 183 cm³/mol. The van der Waals surface area contributed by atoms with Crippen molar-refractivity contribution in [3.63, 3.8) is 0 Å². The van der Waals surface area contributed by atoms with Gasteiger partial charge in [-0.2, -0.15) is 0 Å². The number of benzene rings is 3. The Morgan fingerprint density at radius 1 is 0.978 bits per heavy atom. The van der Waals surface area contributed by atoms with E-state index >= 15 is 0 Å². The van der Waals surface area contributed by atoms with Gasteiger partial charge < -0.3 is 14.0 Å². The molecule has 1 aliphatic heterocycles. The van der Waals surface area contributed by atoms with Gasteiger partial charge in [0.25, 0.3) is 5.56 Å². The van der Waals surface area contributed by atoms with Crippen molar-refractivity contribution in [3.8, 4) is 22.6 Å². The Labute approximate surface area is 271 Å². The minimum atomic E-state index is -0.693. The fraction of sp³-hybridized carbons (Fsp3) is 0.184. The first kappa shape index (κ1) is 30.8. The number of ether oxygens (including phenoxy) is 2. The maximum atomic E-state index is 14.2. The molecule has 0 spiro atoms. The number of hydrogen-bond acceptors (Lipinski definition) is 6. The minimum absolute atomic E-state index is 0.214. The molecule has 0 radical (unpaired) electrons. The van der Waals surface area contributed by atoms with Gasteiger partial charge in [-0.05, 0) is 86.4 Å². The number of thiazole rings is 1. The minimum Gasteiger partial charge on any atom is -0.490 e. The van der Waals surface area contributed by atoms with Crippen molar-refractivity contribution in [1.29, 1.82) is 0 Å². The third-order valence-electron chi connectivity index (χ3n) is 8.07. The second-order valence-electron chi connectivity index (χ2n) is 11.0. The van der Waals surface area contributed by atoms with Gasteiger partial charge in [-0.3, -0.25) is 9.36 Å². The Balaban J connectivity index is 1.42. The molecule has 7 nitrogen and oxygen atoms in total. The molecule has 1 atom stereocenters. The smallest absolute Gasteiger partial charge is 0.338 e. The van der Waals surface area contributed by atoms with Crippen LogP contribution in [0.2, 0.25) is 0 Å². The van der Waals surface area contributed by atoms with Gasteiger partial charge in [-0.25, -0.2) is 9.79 Å². The van der Waals surface area contributed by atoms with Gasteiger partial charge in [0.1, 0.15) is 12.4 Å². The zero-order valence-corrected chi connectivity index (χ0v) is 27.1. The second-order valence-corrected chi connectivity index (χ2v) is 12.1. The number of esters is 1. The average molecular weight is 630 g/mol. The normalized spacial score (nSPS) is 14.5. The highest BCUT2D eigenvalue weighted by atomic mass is 32.1. The molecule has 6 rings (SSSR count). The first-order valence-electron chi connectivity index (χ1n) is 15.2. The van der Waals surface area contributed by atoms with E-state index in [1.165, 1.54) is 16.9 Å². The Bertz CT molecular complexity index is 2130. The van der Waals surface area contributed by atoms with Crippen LogP contribution in [0.15, 0.2) is 119 Å². The number of carbonyl (C=O) groups is 1. The molecule has 0 N–H and O–H groups in total. The molecular weight excluding hydrogens is 595 g/mol. The van der Waals surface area contributed by atoms with E-state index in [2.05, 4.69) is 67.5 Å². The molecular formula is C38H35N3O4S. The fourth-order valence-electron chi connectivity index (χ4n) is 5.91. The van der Waals surface area contributed by atoms with Crippen molar-refractivity contribution in [2.24, 2.45) is 4.99 Å². The quantitative estimate of drug-likeness (QED) is 0.139. The van der Waals surface area contributed by atoms with Crippen LogP contribution in [0.5, 0.6) is 5.75 Å². The molecule has 0 saturated heterocycles. The van der Waals surface area contributed by atoms with Gasteiger partial charge in [0.2, 0.25) is 0 Å². The van der Waals surface area contributed by atoms with E-state index in [1.54, 1.807) is 24.5 Å². The lowest BCUT2D eigenvalue weighted by atomic mass is 9.96. The number of aryl methyl sites for hydroxylation is 1. The zero-order chi connectivity index (χ0) is 32.4. The molecule has 0 aliphatic carbocycles. The van der Waals surface area contributed by atoms with Crippen LogP contribution < -0.4 is 19.6 Å². The van der Waals surface area contributed by atoms with E-state index in [0.717, 1.165) is 33.8 Å². The van der Waals surface area contributed by atoms with Crippen LogP contribution >= 0.6 is 11.3 Å². The molecule has 3 heterocycles. The lowest BCUT2D eigenvalue weighted by molar-refractivity contribution is -0.139. The number of nitrogens with zero attached hydrogens (tertiary/aromatic N) is 3. The van der Waals surface area contributed by atoms with Crippen LogP contribution in [-0.2, 0) is 9.53 Å². The summed E-state index contributed by atoms with van der Waals surface area (Å²) in [7, 11) is 0. The lowest BCUT2D eigenvalue weighted by Gasteiger charge is -2.24. The van der Waals surface area contributed by atoms with Gasteiger partial charge in [-0.1, -0.05) is 78.6 Å². The molecule has 0 unspecified atom stereocenters. The molecule has 0 fully saturated rings. The van der Waals surface area contributed by atoms with E-state index in [0.29, 0.717) is 33.0 Å². The molecule has 3 aromatic carbocycles. The van der Waals surface area contributed by atoms with Crippen molar-refractivity contribution in [2.75, 3.05) is 13.2 Å². The third kappa shape index (κ3) is 5.79. The molecule has 2 aromatic heterocycles. The van der Waals surface area contributed by atoms with Gasteiger partial charge in [0.05, 0.1) is 28.5 Å². The number of aromatic nitrogens is 2. The summed E-state index contributed by atoms with van der Waals surface area (Å²) in [5.41, 5.74) is 7.80. The second kappa shape index (κ2) is 13.0. The first-order valence-corrected chi connectivity index (χ1v) is 16.0. The highest BCUT2D eigenvalue weighted by molar-refractivity contribution is 7.07. The number of allylic oxidation sites excluding steroid dienone is 1. The molecule has 1 aliphatic rings. The van der Waals surface area contributed by atoms with Gasteiger partial charge >= 0.3 is 5.97 Å². The average Bonchev–Trinajstić information content (AvgIpc) is 3.53. The van der Waals surface area contributed by atoms with E-state index in [4.69, 9.17) is 14.5 Å². The number of fused-ring (bicyclic) bond motifs is 1. The summed E-state index contributed by atoms with van der Waals surface area (Å²) in [5.74, 6) is 0.177. The SMILES string of the molecule is C=CCOc1ccc([C@H]2C(C(=O)OCC)=C(C)N=c3s/c(=C\c4cc(C)n(-c5ccc(-c6ccccc6)cc5)c4C)c(=O)n32)cc1. The highest BCUT2D eigenvalue weighted by Crippen LogP contribution is 2.32. The number of hydrogen-bond donors (Lipinski definition) is 0. The van der Waals surface area contributed by atoms with Crippen molar-refractivity contribution in [1.82, 2.24) is 9.13 Å². The zero-order valence-electron chi connectivity index (χ0n) is 26.3. The van der Waals surface area contributed by atoms with Crippen LogP contribution in [0.25, 0.3) is 22.9 Å². The van der Waals surface area contributed by atoms with Crippen molar-refractivity contribution >= 4 is 23.4 Å². The standard InChI is InChI=1S/C38H35N3O4S/c1-6-21-45-32-19-15-29(16-20-32)35-34(37(43)44-7-2)25(4)39-38-41(35)36(42)33(46-38)23-30-22-24(3)40(26(30)5)31-17-13-28(14-18-31)27-11-9-8-10-12-27/h6,8-20,22-23,35H,1,7,21H2,2-5H3/b33-23-/t35-/m0/s1. The summed E-state index contributed by atoms with van der Waals surface area (Å²) in [6.07, 6.45) is 3.60. The summed E-state index contributed by atoms with van der Waals surface area (Å²) in [5, 5.41) is 0. The Morgan fingerprint density at radius 2 is 1.67 bits per heavy atom. The Kier molecular flexibility index (Phi) is 8.72. The van der Waals surface area contributed by atoms with Crippen LogP contribution in [0.3, 0.4) is 0 Å². The van der Waals surface area contributed by atoms with Gasteiger partial charge in [0.15, 0.2) is 4.80 Å². The van der Waals surface area contributed by atoms with Crippen molar-refractivity contribution in [2.45, 2.75) is 33.7 Å². The largest absolute Gasteiger partial charge is 0.490 e. The van der Waals surface area contributed by atoms with Crippen LogP contribution in [-0.4, -0.2) is 28.3 Å². The van der Waals surface area contributed by atoms with Gasteiger partial charge in [-0.15, -0.1) is 0 Å². The third-order valence-corrected chi connectivity index (χ3v) is 9.05. The number of carbonyl (C=O) groups excluding carboxylic acids is 1. The molecule has 5 aromatic rings. The van der Waals surface area contributed by atoms with Crippen LogP contribution in [0, 0.1) is 13.8 Å². The highest BCUT2D eigenvalue weighted by Gasteiger charge is 2.33. The number of rotatable bonds is 9. The topological polar surface area (TPSA) is 74.8 Å². The first-order chi connectivity index (χ1) is 22.3. The van der Waals surface area contributed by atoms with Crippen LogP contribution in [0.4, 0.5) is 0 Å². The molecule has 0 bridgehead atoms. The maximum Gasteiger partial charge on any atom is 0.338 e. The fourth-order valence-corrected chi connectivity index (χ4v) is 6.95. The Hall–Kier alpha value is -5.21. The van der Waals surface area contributed by atoms with Crippen molar-refractivity contribution < 1.29 is 14.3 Å². The summed E-state index contributed by atoms with van der Waals surface area (Å²) >= 11 is 1.32. The van der Waals surface area contributed by atoms with Crippen molar-refractivity contribution in [3.05, 3.63) is 151 Å². The van der Waals surface area contributed by atoms with E-state index < -0.39 is 12.0 Å². The molecule has 232 valence electrons. The summed E-state index contributed by atoms with van der Waals surface area (Å²) in [6.45, 7) is 12.0. The molecule has 0 amide bonds. The molecule has 0 saturated carbocycles. The predicted octanol–water partition coefficient (Wildman–Crippen LogP) is 6.44. The lowest BCUT2D eigenvalue weighted by Crippen LogP contribution is -2.39. The monoisotopic (exact) mass is 629 g/mol. The van der Waals surface area contributed by atoms with E-state index in [9.17, 15) is 9.59 Å². The summed E-state index contributed by atoms with van der Waals surface area (Å²) in [4.78, 5) is 32.6. The summed E-state index contributed by atoms with van der Waals surface area (Å²) in [6, 6.07) is 27.6. The van der Waals surface area contributed by atoms with E-state index in [1.807, 2.05) is 48.5 Å². The molecule has 46 heavy (non-hydrogen) atoms. The van der Waals surface area contributed by atoms with Gasteiger partial charge in [0, 0.05) is 17.1 Å². The molecule has 8 heteroatoms. The maximum absolute atomic E-state index is 14.2. The van der Waals surface area contributed by atoms with Crippen LogP contribution in [0.1, 0.15) is 42.4 Å². The summed E-state index contributed by atoms with van der Waals surface area (Å²) < 4.78 is 15.4. The van der Waals surface area contributed by atoms with E-state index in [-0.39, 0.29) is 12.2 Å². The Morgan fingerprint density at radius 3 is 2.35 bits per heavy atom.